The summed E-state index contributed by atoms with van der Waals surface area (Å²) in [6.07, 6.45) is -4.35. The normalized spacial score (nSPS) is 14.5. The molecule has 0 heterocycles. The SMILES string of the molecule is CNC(=O)[C@@H](Cc1ccc(C(F)(F)F)cc1)NC(=O)[C@@H](NC(=O)[C@H](CC(C)C)C[N+](=O)[O-])C(C)(C)C. The molecule has 36 heavy (non-hydrogen) atoms. The molecule has 0 saturated carbocycles. The molecule has 1 aromatic carbocycles. The van der Waals surface area contributed by atoms with E-state index in [0.717, 1.165) is 12.1 Å². The largest absolute Gasteiger partial charge is 0.416 e. The minimum absolute atomic E-state index is 0.00368. The number of alkyl halides is 3. The molecule has 3 atom stereocenters. The van der Waals surface area contributed by atoms with Crippen LogP contribution in [0.4, 0.5) is 13.2 Å². The molecule has 202 valence electrons. The lowest BCUT2D eigenvalue weighted by Gasteiger charge is -2.32. The fourth-order valence-electron chi connectivity index (χ4n) is 3.65. The number of nitro groups is 1. The third-order valence-electron chi connectivity index (χ3n) is 5.51. The summed E-state index contributed by atoms with van der Waals surface area (Å²) in [5.74, 6) is -2.85. The molecule has 12 heteroatoms. The smallest absolute Gasteiger partial charge is 0.357 e. The van der Waals surface area contributed by atoms with Crippen molar-refractivity contribution in [3.8, 4) is 0 Å². The van der Waals surface area contributed by atoms with Crippen molar-refractivity contribution < 1.29 is 32.5 Å². The van der Waals surface area contributed by atoms with Crippen molar-refractivity contribution in [3.05, 3.63) is 45.5 Å². The fraction of sp³-hybridized carbons (Fsp3) is 0.625. The van der Waals surface area contributed by atoms with E-state index in [1.807, 2.05) is 13.8 Å². The zero-order chi connectivity index (χ0) is 27.8. The summed E-state index contributed by atoms with van der Waals surface area (Å²) in [5, 5.41) is 18.6. The molecule has 0 saturated heterocycles. The monoisotopic (exact) mass is 516 g/mol. The Labute approximate surface area is 208 Å². The van der Waals surface area contributed by atoms with Gasteiger partial charge < -0.3 is 16.0 Å². The lowest BCUT2D eigenvalue weighted by atomic mass is 9.85. The maximum Gasteiger partial charge on any atom is 0.416 e. The molecule has 1 rings (SSSR count). The Balaban J connectivity index is 3.12. The molecule has 9 nitrogen and oxygen atoms in total. The van der Waals surface area contributed by atoms with E-state index in [9.17, 15) is 37.7 Å². The third kappa shape index (κ3) is 9.82. The molecule has 0 bridgehead atoms. The van der Waals surface area contributed by atoms with Crippen LogP contribution in [-0.4, -0.2) is 48.3 Å². The van der Waals surface area contributed by atoms with Gasteiger partial charge >= 0.3 is 6.18 Å². The first kappa shape index (κ1) is 30.9. The number of halogens is 3. The molecule has 0 aliphatic rings. The van der Waals surface area contributed by atoms with E-state index in [0.29, 0.717) is 5.56 Å². The summed E-state index contributed by atoms with van der Waals surface area (Å²) in [6, 6.07) is 1.96. The Morgan fingerprint density at radius 1 is 0.972 bits per heavy atom. The number of rotatable bonds is 11. The van der Waals surface area contributed by atoms with Crippen LogP contribution in [0.2, 0.25) is 0 Å². The van der Waals surface area contributed by atoms with Crippen LogP contribution in [0.25, 0.3) is 0 Å². The highest BCUT2D eigenvalue weighted by atomic mass is 19.4. The summed E-state index contributed by atoms with van der Waals surface area (Å²) >= 11 is 0. The van der Waals surface area contributed by atoms with Crippen LogP contribution >= 0.6 is 0 Å². The minimum atomic E-state index is -4.51. The predicted molar refractivity (Wildman–Crippen MR) is 127 cm³/mol. The zero-order valence-electron chi connectivity index (χ0n) is 21.4. The summed E-state index contributed by atoms with van der Waals surface area (Å²) in [5.41, 5.74) is -1.28. The number of carbonyl (C=O) groups excluding carboxylic acids is 3. The van der Waals surface area contributed by atoms with Gasteiger partial charge in [0.1, 0.15) is 18.0 Å². The summed E-state index contributed by atoms with van der Waals surface area (Å²) in [6.45, 7) is 8.12. The average Bonchev–Trinajstić information content (AvgIpc) is 2.73. The quantitative estimate of drug-likeness (QED) is 0.308. The van der Waals surface area contributed by atoms with Crippen molar-refractivity contribution in [1.82, 2.24) is 16.0 Å². The topological polar surface area (TPSA) is 130 Å². The fourth-order valence-corrected chi connectivity index (χ4v) is 3.65. The predicted octanol–water partition coefficient (Wildman–Crippen LogP) is 2.95. The Kier molecular flexibility index (Phi) is 10.9. The molecule has 0 fully saturated rings. The van der Waals surface area contributed by atoms with E-state index in [-0.39, 0.29) is 18.8 Å². The van der Waals surface area contributed by atoms with Gasteiger partial charge in [-0.25, -0.2) is 0 Å². The highest BCUT2D eigenvalue weighted by Crippen LogP contribution is 2.29. The van der Waals surface area contributed by atoms with E-state index < -0.39 is 64.3 Å². The second kappa shape index (κ2) is 12.7. The highest BCUT2D eigenvalue weighted by molar-refractivity contribution is 5.93. The van der Waals surface area contributed by atoms with Crippen LogP contribution in [0.3, 0.4) is 0 Å². The summed E-state index contributed by atoms with van der Waals surface area (Å²) in [7, 11) is 1.35. The van der Waals surface area contributed by atoms with Gasteiger partial charge in [-0.1, -0.05) is 46.8 Å². The van der Waals surface area contributed by atoms with Crippen molar-refractivity contribution in [3.63, 3.8) is 0 Å². The number of hydrogen-bond acceptors (Lipinski definition) is 5. The Bertz CT molecular complexity index is 927. The molecule has 0 aromatic heterocycles. The molecule has 0 aliphatic heterocycles. The van der Waals surface area contributed by atoms with Crippen molar-refractivity contribution in [2.45, 2.75) is 65.7 Å². The van der Waals surface area contributed by atoms with Gasteiger partial charge in [-0.05, 0) is 35.4 Å². The lowest BCUT2D eigenvalue weighted by Crippen LogP contribution is -2.59. The molecule has 3 N–H and O–H groups in total. The average molecular weight is 517 g/mol. The number of nitrogens with one attached hydrogen (secondary N) is 3. The summed E-state index contributed by atoms with van der Waals surface area (Å²) < 4.78 is 38.5. The second-order valence-electron chi connectivity index (χ2n) is 10.2. The molecule has 1 aromatic rings. The van der Waals surface area contributed by atoms with Gasteiger partial charge in [0.05, 0.1) is 5.56 Å². The van der Waals surface area contributed by atoms with Gasteiger partial charge in [0.25, 0.3) is 0 Å². The van der Waals surface area contributed by atoms with E-state index in [1.54, 1.807) is 20.8 Å². The number of amides is 3. The van der Waals surface area contributed by atoms with Crippen LogP contribution in [0.1, 0.15) is 52.2 Å². The molecule has 0 unspecified atom stereocenters. The second-order valence-corrected chi connectivity index (χ2v) is 10.2. The summed E-state index contributed by atoms with van der Waals surface area (Å²) in [4.78, 5) is 49.0. The van der Waals surface area contributed by atoms with Gasteiger partial charge in [-0.15, -0.1) is 0 Å². The van der Waals surface area contributed by atoms with Gasteiger partial charge in [-0.3, -0.25) is 24.5 Å². The third-order valence-corrected chi connectivity index (χ3v) is 5.51. The van der Waals surface area contributed by atoms with E-state index in [4.69, 9.17) is 0 Å². The van der Waals surface area contributed by atoms with Crippen LogP contribution in [0.5, 0.6) is 0 Å². The van der Waals surface area contributed by atoms with Crippen LogP contribution < -0.4 is 16.0 Å². The van der Waals surface area contributed by atoms with Crippen LogP contribution in [0.15, 0.2) is 24.3 Å². The van der Waals surface area contributed by atoms with Crippen molar-refractivity contribution in [2.24, 2.45) is 17.3 Å². The molecule has 0 aliphatic carbocycles. The van der Waals surface area contributed by atoms with Crippen molar-refractivity contribution >= 4 is 17.7 Å². The number of likely N-dealkylation sites (N-methyl/N-ethyl adjacent to an activating group) is 1. The molecule has 3 amide bonds. The van der Waals surface area contributed by atoms with Gasteiger partial charge in [-0.2, -0.15) is 13.2 Å². The van der Waals surface area contributed by atoms with Gasteiger partial charge in [0.15, 0.2) is 0 Å². The number of benzene rings is 1. The number of nitrogens with zero attached hydrogens (tertiary/aromatic N) is 1. The number of hydrogen-bond donors (Lipinski definition) is 3. The molecular weight excluding hydrogens is 481 g/mol. The van der Waals surface area contributed by atoms with E-state index >= 15 is 0 Å². The van der Waals surface area contributed by atoms with Crippen molar-refractivity contribution in [1.29, 1.82) is 0 Å². The van der Waals surface area contributed by atoms with Crippen molar-refractivity contribution in [2.75, 3.05) is 13.6 Å². The van der Waals surface area contributed by atoms with Crippen LogP contribution in [-0.2, 0) is 27.0 Å². The van der Waals surface area contributed by atoms with E-state index in [1.165, 1.54) is 19.2 Å². The minimum Gasteiger partial charge on any atom is -0.357 e. The van der Waals surface area contributed by atoms with E-state index in [2.05, 4.69) is 16.0 Å². The molecular formula is C24H35F3N4O5. The lowest BCUT2D eigenvalue weighted by molar-refractivity contribution is -0.486. The maximum absolute atomic E-state index is 13.2. The van der Waals surface area contributed by atoms with Crippen LogP contribution in [0, 0.1) is 27.4 Å². The first-order chi connectivity index (χ1) is 16.4. The van der Waals surface area contributed by atoms with Gasteiger partial charge in [0, 0.05) is 18.4 Å². The molecule has 0 radical (unpaired) electrons. The Hall–Kier alpha value is -3.18. The maximum atomic E-state index is 13.2. The Morgan fingerprint density at radius 3 is 1.94 bits per heavy atom. The molecule has 0 spiro atoms. The number of carbonyl (C=O) groups is 3. The first-order valence-corrected chi connectivity index (χ1v) is 11.6. The zero-order valence-corrected chi connectivity index (χ0v) is 21.4. The Morgan fingerprint density at radius 2 is 1.53 bits per heavy atom. The first-order valence-electron chi connectivity index (χ1n) is 11.6. The van der Waals surface area contributed by atoms with Gasteiger partial charge in [0.2, 0.25) is 24.3 Å². The highest BCUT2D eigenvalue weighted by Gasteiger charge is 2.37. The standard InChI is InChI=1S/C24H35F3N4O5/c1-14(2)11-16(13-31(35)36)20(32)30-19(23(3,4)5)22(34)29-18(21(33)28-6)12-15-7-9-17(10-8-15)24(25,26)27/h7-10,14,16,18-19H,11-13H2,1-6H3,(H,28,33)(H,29,34)(H,30,32)/t16-,18-,19-/m1/s1.